The fraction of sp³-hybridized carbons (Fsp3) is 0.231. The van der Waals surface area contributed by atoms with E-state index < -0.39 is 0 Å². The van der Waals surface area contributed by atoms with Crippen LogP contribution >= 0.6 is 0 Å². The van der Waals surface area contributed by atoms with Gasteiger partial charge in [0.15, 0.2) is 0 Å². The number of nitrogens with zero attached hydrogens (tertiary/aromatic N) is 2. The predicted molar refractivity (Wildman–Crippen MR) is 126 cm³/mol. The van der Waals surface area contributed by atoms with Crippen LogP contribution in [-0.4, -0.2) is 26.6 Å². The van der Waals surface area contributed by atoms with E-state index >= 15 is 0 Å². The Morgan fingerprint density at radius 2 is 1.61 bits per heavy atom. The van der Waals surface area contributed by atoms with Crippen LogP contribution in [0.2, 0.25) is 0 Å². The molecule has 0 amide bonds. The van der Waals surface area contributed by atoms with Crippen LogP contribution in [0.5, 0.6) is 5.75 Å². The Hall–Kier alpha value is -3.60. The van der Waals surface area contributed by atoms with Crippen molar-refractivity contribution in [2.24, 2.45) is 0 Å². The molecule has 0 bridgehead atoms. The minimum atomic E-state index is 0.118. The summed E-state index contributed by atoms with van der Waals surface area (Å²) in [6.07, 6.45) is 4.36. The molecule has 0 saturated carbocycles. The van der Waals surface area contributed by atoms with E-state index in [9.17, 15) is 5.11 Å². The molecule has 31 heavy (non-hydrogen) atoms. The number of phenolic OH excluding ortho intramolecular Hbond substituents is 1. The van der Waals surface area contributed by atoms with Crippen molar-refractivity contribution in [2.75, 3.05) is 11.9 Å². The van der Waals surface area contributed by atoms with Gasteiger partial charge in [-0.15, -0.1) is 0 Å². The Kier molecular flexibility index (Phi) is 5.76. The third kappa shape index (κ3) is 5.12. The van der Waals surface area contributed by atoms with Crippen LogP contribution in [0, 0.1) is 0 Å². The highest BCUT2D eigenvalue weighted by Gasteiger charge is 2.14. The molecule has 0 atom stereocenters. The average Bonchev–Trinajstić information content (AvgIpc) is 3.27. The molecule has 0 radical (unpaired) electrons. The van der Waals surface area contributed by atoms with Gasteiger partial charge in [-0.1, -0.05) is 45.0 Å². The van der Waals surface area contributed by atoms with Crippen molar-refractivity contribution in [1.82, 2.24) is 15.0 Å². The van der Waals surface area contributed by atoms with Gasteiger partial charge in [0.25, 0.3) is 0 Å². The van der Waals surface area contributed by atoms with Crippen molar-refractivity contribution in [3.05, 3.63) is 84.4 Å². The number of aromatic hydroxyl groups is 1. The summed E-state index contributed by atoms with van der Waals surface area (Å²) in [6, 6.07) is 20.1. The summed E-state index contributed by atoms with van der Waals surface area (Å²) >= 11 is 0. The number of aromatic nitrogens is 3. The molecule has 0 saturated heterocycles. The van der Waals surface area contributed by atoms with E-state index in [1.165, 1.54) is 5.56 Å². The second-order valence-electron chi connectivity index (χ2n) is 8.75. The predicted octanol–water partition coefficient (Wildman–Crippen LogP) is 5.80. The molecule has 0 unspecified atom stereocenters. The van der Waals surface area contributed by atoms with Crippen LogP contribution in [0.4, 0.5) is 5.82 Å². The molecule has 0 aliphatic carbocycles. The number of hydrogen-bond acceptors (Lipinski definition) is 4. The van der Waals surface area contributed by atoms with Crippen molar-refractivity contribution in [3.63, 3.8) is 0 Å². The summed E-state index contributed by atoms with van der Waals surface area (Å²) < 4.78 is 0. The van der Waals surface area contributed by atoms with E-state index in [2.05, 4.69) is 72.5 Å². The van der Waals surface area contributed by atoms with Crippen LogP contribution in [0.25, 0.3) is 22.4 Å². The fourth-order valence-corrected chi connectivity index (χ4v) is 3.48. The minimum Gasteiger partial charge on any atom is -0.508 e. The van der Waals surface area contributed by atoms with Crippen LogP contribution < -0.4 is 5.32 Å². The average molecular weight is 413 g/mol. The van der Waals surface area contributed by atoms with Gasteiger partial charge in [-0.25, -0.2) is 9.97 Å². The summed E-state index contributed by atoms with van der Waals surface area (Å²) in [5, 5.41) is 13.1. The summed E-state index contributed by atoms with van der Waals surface area (Å²) in [5.41, 5.74) is 6.58. The molecule has 158 valence electrons. The van der Waals surface area contributed by atoms with Crippen molar-refractivity contribution < 1.29 is 5.11 Å². The first-order valence-electron chi connectivity index (χ1n) is 10.5. The summed E-state index contributed by atoms with van der Waals surface area (Å²) in [4.78, 5) is 12.0. The first kappa shape index (κ1) is 20.7. The largest absolute Gasteiger partial charge is 0.508 e. The molecule has 5 nitrogen and oxygen atoms in total. The van der Waals surface area contributed by atoms with Crippen molar-refractivity contribution in [2.45, 2.75) is 32.6 Å². The topological polar surface area (TPSA) is 73.8 Å². The quantitative estimate of drug-likeness (QED) is 0.374. The lowest BCUT2D eigenvalue weighted by atomic mass is 9.86. The Bertz CT molecular complexity index is 1130. The monoisotopic (exact) mass is 412 g/mol. The summed E-state index contributed by atoms with van der Waals surface area (Å²) in [5.74, 6) is 1.07. The zero-order chi connectivity index (χ0) is 21.8. The van der Waals surface area contributed by atoms with Crippen LogP contribution in [-0.2, 0) is 11.8 Å². The molecular weight excluding hydrogens is 384 g/mol. The van der Waals surface area contributed by atoms with E-state index in [4.69, 9.17) is 4.98 Å². The van der Waals surface area contributed by atoms with Crippen molar-refractivity contribution in [1.29, 1.82) is 0 Å². The van der Waals surface area contributed by atoms with E-state index in [0.717, 1.165) is 46.9 Å². The van der Waals surface area contributed by atoms with Gasteiger partial charge in [0.05, 0.1) is 12.0 Å². The van der Waals surface area contributed by atoms with Gasteiger partial charge in [0.1, 0.15) is 11.6 Å². The maximum absolute atomic E-state index is 9.65. The maximum Gasteiger partial charge on any atom is 0.127 e. The Labute approximate surface area is 183 Å². The third-order valence-corrected chi connectivity index (χ3v) is 5.33. The summed E-state index contributed by atoms with van der Waals surface area (Å²) in [7, 11) is 0. The Balaban J connectivity index is 1.66. The van der Waals surface area contributed by atoms with E-state index in [-0.39, 0.29) is 11.2 Å². The molecule has 2 heterocycles. The number of benzene rings is 2. The molecule has 0 spiro atoms. The normalized spacial score (nSPS) is 11.5. The standard InChI is InChI=1S/C26H28N4O/c1-26(2,3)21-8-4-18(5-9-21)20-14-24(19-6-10-23(31)11-7-19)30-25(15-20)28-13-12-22-16-27-17-29-22/h4-11,14-17,31H,12-13H2,1-3H3,(H,27,29)(H,28,30). The SMILES string of the molecule is CC(C)(C)c1ccc(-c2cc(NCCc3cnc[nH]3)nc(-c3ccc(O)cc3)c2)cc1. The fourth-order valence-electron chi connectivity index (χ4n) is 3.48. The van der Waals surface area contributed by atoms with Gasteiger partial charge >= 0.3 is 0 Å². The van der Waals surface area contributed by atoms with Crippen LogP contribution in [0.3, 0.4) is 0 Å². The third-order valence-electron chi connectivity index (χ3n) is 5.33. The number of H-pyrrole nitrogens is 1. The maximum atomic E-state index is 9.65. The van der Waals surface area contributed by atoms with Crippen molar-refractivity contribution in [3.8, 4) is 28.1 Å². The number of anilines is 1. The van der Waals surface area contributed by atoms with Gasteiger partial charge < -0.3 is 15.4 Å². The highest BCUT2D eigenvalue weighted by atomic mass is 16.3. The van der Waals surface area contributed by atoms with E-state index in [0.29, 0.717) is 0 Å². The lowest BCUT2D eigenvalue weighted by molar-refractivity contribution is 0.475. The number of nitrogens with one attached hydrogen (secondary N) is 2. The molecule has 5 heteroatoms. The molecule has 2 aromatic carbocycles. The first-order chi connectivity index (χ1) is 14.9. The Morgan fingerprint density at radius 1 is 0.903 bits per heavy atom. The van der Waals surface area contributed by atoms with Gasteiger partial charge in [0.2, 0.25) is 0 Å². The summed E-state index contributed by atoms with van der Waals surface area (Å²) in [6.45, 7) is 7.41. The molecule has 0 aliphatic heterocycles. The zero-order valence-corrected chi connectivity index (χ0v) is 18.2. The van der Waals surface area contributed by atoms with E-state index in [1.54, 1.807) is 18.5 Å². The molecule has 2 aromatic heterocycles. The Morgan fingerprint density at radius 3 is 2.26 bits per heavy atom. The van der Waals surface area contributed by atoms with Crippen LogP contribution in [0.15, 0.2) is 73.2 Å². The lowest BCUT2D eigenvalue weighted by Gasteiger charge is -2.19. The first-order valence-corrected chi connectivity index (χ1v) is 10.5. The molecule has 4 aromatic rings. The molecule has 4 rings (SSSR count). The highest BCUT2D eigenvalue weighted by molar-refractivity contribution is 5.74. The van der Waals surface area contributed by atoms with Gasteiger partial charge in [0, 0.05) is 30.4 Å². The van der Waals surface area contributed by atoms with E-state index in [1.807, 2.05) is 18.3 Å². The number of hydrogen-bond donors (Lipinski definition) is 3. The number of rotatable bonds is 6. The smallest absolute Gasteiger partial charge is 0.127 e. The second kappa shape index (κ2) is 8.64. The van der Waals surface area contributed by atoms with Gasteiger partial charge in [-0.3, -0.25) is 0 Å². The number of phenols is 1. The highest BCUT2D eigenvalue weighted by Crippen LogP contribution is 2.30. The second-order valence-corrected chi connectivity index (χ2v) is 8.75. The number of aromatic amines is 1. The zero-order valence-electron chi connectivity index (χ0n) is 18.2. The van der Waals surface area contributed by atoms with Crippen molar-refractivity contribution >= 4 is 5.82 Å². The molecule has 3 N–H and O–H groups in total. The molecular formula is C26H28N4O. The molecule has 0 fully saturated rings. The van der Waals surface area contributed by atoms with Crippen LogP contribution in [0.1, 0.15) is 32.0 Å². The lowest BCUT2D eigenvalue weighted by Crippen LogP contribution is -2.10. The molecule has 0 aliphatic rings. The number of pyridine rings is 1. The van der Waals surface area contributed by atoms with Gasteiger partial charge in [-0.2, -0.15) is 0 Å². The van der Waals surface area contributed by atoms with Gasteiger partial charge in [-0.05, 0) is 58.5 Å². The number of imidazole rings is 1. The minimum absolute atomic E-state index is 0.118.